The zero-order chi connectivity index (χ0) is 19.7. The maximum atomic E-state index is 12.8. The Balaban J connectivity index is 1.83. The number of para-hydroxylation sites is 2. The lowest BCUT2D eigenvalue weighted by molar-refractivity contribution is 0.538. The molecule has 2 aromatic heterocycles. The second-order valence-corrected chi connectivity index (χ2v) is 6.04. The molecule has 8 heteroatoms. The first-order valence-electron chi connectivity index (χ1n) is 8.43. The lowest BCUT2D eigenvalue weighted by Gasteiger charge is -2.12. The molecule has 0 unspecified atom stereocenters. The molecule has 134 valence electrons. The summed E-state index contributed by atoms with van der Waals surface area (Å²) in [5.41, 5.74) is 0.120. The number of nitriles is 2. The summed E-state index contributed by atoms with van der Waals surface area (Å²) in [5, 5.41) is 19.5. The molecule has 4 rings (SSSR count). The third-order valence-corrected chi connectivity index (χ3v) is 4.47. The van der Waals surface area contributed by atoms with E-state index in [1.807, 2.05) is 12.1 Å². The largest absolute Gasteiger partial charge is 0.282 e. The minimum Gasteiger partial charge on any atom is -0.282 e. The third-order valence-electron chi connectivity index (χ3n) is 4.47. The summed E-state index contributed by atoms with van der Waals surface area (Å²) in [6.07, 6.45) is 0. The first kappa shape index (κ1) is 17.1. The molecule has 0 bridgehead atoms. The van der Waals surface area contributed by atoms with Crippen LogP contribution in [0.5, 0.6) is 0 Å². The van der Waals surface area contributed by atoms with E-state index in [9.17, 15) is 20.1 Å². The van der Waals surface area contributed by atoms with Gasteiger partial charge in [0, 0.05) is 13.1 Å². The van der Waals surface area contributed by atoms with Crippen LogP contribution >= 0.6 is 0 Å². The molecule has 0 spiro atoms. The fourth-order valence-corrected chi connectivity index (χ4v) is 3.12. The first-order chi connectivity index (χ1) is 13.6. The number of fused-ring (bicyclic) bond motifs is 2. The average Bonchev–Trinajstić information content (AvgIpc) is 2.74. The molecule has 0 fully saturated rings. The van der Waals surface area contributed by atoms with Crippen LogP contribution in [0.25, 0.3) is 21.8 Å². The van der Waals surface area contributed by atoms with Gasteiger partial charge in [-0.2, -0.15) is 10.5 Å². The molecule has 0 saturated carbocycles. The van der Waals surface area contributed by atoms with E-state index < -0.39 is 0 Å². The van der Waals surface area contributed by atoms with Crippen molar-refractivity contribution in [1.29, 1.82) is 10.5 Å². The van der Waals surface area contributed by atoms with Crippen molar-refractivity contribution in [1.82, 2.24) is 19.1 Å². The van der Waals surface area contributed by atoms with Gasteiger partial charge in [0.05, 0.1) is 21.8 Å². The zero-order valence-corrected chi connectivity index (χ0v) is 14.5. The van der Waals surface area contributed by atoms with Gasteiger partial charge in [-0.15, -0.1) is 0 Å². The molecule has 0 aliphatic carbocycles. The Morgan fingerprint density at radius 2 is 1.11 bits per heavy atom. The van der Waals surface area contributed by atoms with Crippen molar-refractivity contribution in [2.75, 3.05) is 0 Å². The summed E-state index contributed by atoms with van der Waals surface area (Å²) in [6, 6.07) is 17.3. The van der Waals surface area contributed by atoms with E-state index in [2.05, 4.69) is 9.97 Å². The second-order valence-electron chi connectivity index (χ2n) is 6.04. The van der Waals surface area contributed by atoms with Gasteiger partial charge in [-0.25, -0.2) is 9.97 Å². The molecule has 0 radical (unpaired) electrons. The van der Waals surface area contributed by atoms with Gasteiger partial charge in [0.15, 0.2) is 0 Å². The molecule has 0 saturated heterocycles. The van der Waals surface area contributed by atoms with Crippen molar-refractivity contribution >= 4 is 21.8 Å². The molecule has 28 heavy (non-hydrogen) atoms. The number of hydrogen-bond acceptors (Lipinski definition) is 6. The topological polar surface area (TPSA) is 117 Å². The van der Waals surface area contributed by atoms with Crippen molar-refractivity contribution in [2.24, 2.45) is 0 Å². The number of hydrogen-bond donors (Lipinski definition) is 0. The molecular formula is C20H12N6O2. The van der Waals surface area contributed by atoms with Crippen LogP contribution in [-0.4, -0.2) is 19.1 Å². The Bertz CT molecular complexity index is 1320. The van der Waals surface area contributed by atoms with Crippen LogP contribution in [0.1, 0.15) is 11.6 Å². The van der Waals surface area contributed by atoms with E-state index in [0.717, 1.165) is 0 Å². The highest BCUT2D eigenvalue weighted by atomic mass is 16.1. The Labute approximate surface area is 158 Å². The minimum atomic E-state index is -0.373. The van der Waals surface area contributed by atoms with Crippen molar-refractivity contribution < 1.29 is 0 Å². The molecule has 2 aromatic carbocycles. The molecule has 0 aliphatic heterocycles. The SMILES string of the molecule is N#Cc1nc2ccccc2c(=O)n1CCn1c(C#N)nc2ccccc2c1=O. The quantitative estimate of drug-likeness (QED) is 0.541. The van der Waals surface area contributed by atoms with Crippen LogP contribution in [0, 0.1) is 22.7 Å². The molecule has 0 N–H and O–H groups in total. The van der Waals surface area contributed by atoms with Gasteiger partial charge >= 0.3 is 0 Å². The van der Waals surface area contributed by atoms with Crippen LogP contribution in [0.3, 0.4) is 0 Å². The lowest BCUT2D eigenvalue weighted by atomic mass is 10.2. The number of nitrogens with zero attached hydrogens (tertiary/aromatic N) is 6. The van der Waals surface area contributed by atoms with E-state index in [1.54, 1.807) is 48.5 Å². The van der Waals surface area contributed by atoms with Crippen molar-refractivity contribution in [2.45, 2.75) is 13.1 Å². The fourth-order valence-electron chi connectivity index (χ4n) is 3.12. The van der Waals surface area contributed by atoms with Crippen LogP contribution in [0.2, 0.25) is 0 Å². The maximum Gasteiger partial charge on any atom is 0.262 e. The van der Waals surface area contributed by atoms with Gasteiger partial charge < -0.3 is 0 Å². The molecular weight excluding hydrogens is 356 g/mol. The Kier molecular flexibility index (Phi) is 4.15. The summed E-state index contributed by atoms with van der Waals surface area (Å²) in [5.74, 6) is -0.104. The van der Waals surface area contributed by atoms with E-state index in [1.165, 1.54) is 9.13 Å². The predicted molar refractivity (Wildman–Crippen MR) is 101 cm³/mol. The zero-order valence-electron chi connectivity index (χ0n) is 14.5. The van der Waals surface area contributed by atoms with Gasteiger partial charge in [-0.05, 0) is 24.3 Å². The van der Waals surface area contributed by atoms with Crippen LogP contribution in [0.4, 0.5) is 0 Å². The average molecular weight is 368 g/mol. The lowest BCUT2D eigenvalue weighted by Crippen LogP contribution is -2.31. The third kappa shape index (κ3) is 2.70. The molecule has 0 atom stereocenters. The summed E-state index contributed by atoms with van der Waals surface area (Å²) in [7, 11) is 0. The van der Waals surface area contributed by atoms with Crippen LogP contribution < -0.4 is 11.1 Å². The van der Waals surface area contributed by atoms with E-state index >= 15 is 0 Å². The molecule has 8 nitrogen and oxygen atoms in total. The standard InChI is InChI=1S/C20H12N6O2/c21-11-17-23-15-7-3-1-5-13(15)19(27)25(17)9-10-26-18(12-22)24-16-8-4-2-6-14(16)20(26)28/h1-8H,9-10H2. The van der Waals surface area contributed by atoms with Gasteiger partial charge in [-0.1, -0.05) is 24.3 Å². The molecule has 0 aliphatic rings. The summed E-state index contributed by atoms with van der Waals surface area (Å²) < 4.78 is 2.43. The van der Waals surface area contributed by atoms with Crippen LogP contribution in [0.15, 0.2) is 58.1 Å². The highest BCUT2D eigenvalue weighted by molar-refractivity contribution is 5.78. The highest BCUT2D eigenvalue weighted by Gasteiger charge is 2.14. The smallest absolute Gasteiger partial charge is 0.262 e. The summed E-state index contributed by atoms with van der Waals surface area (Å²) >= 11 is 0. The van der Waals surface area contributed by atoms with E-state index in [0.29, 0.717) is 21.8 Å². The van der Waals surface area contributed by atoms with E-state index in [4.69, 9.17) is 0 Å². The number of rotatable bonds is 3. The monoisotopic (exact) mass is 368 g/mol. The Hall–Kier alpha value is -4.30. The normalized spacial score (nSPS) is 10.6. The Morgan fingerprint density at radius 1 is 0.714 bits per heavy atom. The van der Waals surface area contributed by atoms with Gasteiger partial charge in [0.1, 0.15) is 12.1 Å². The number of aromatic nitrogens is 4. The maximum absolute atomic E-state index is 12.8. The fraction of sp³-hybridized carbons (Fsp3) is 0.100. The molecule has 0 amide bonds. The van der Waals surface area contributed by atoms with Crippen molar-refractivity contribution in [3.8, 4) is 12.1 Å². The van der Waals surface area contributed by atoms with Crippen molar-refractivity contribution in [3.05, 3.63) is 80.9 Å². The Morgan fingerprint density at radius 3 is 1.50 bits per heavy atom. The molecule has 2 heterocycles. The summed E-state index contributed by atoms with van der Waals surface area (Å²) in [4.78, 5) is 34.0. The minimum absolute atomic E-state index is 0.00810. The van der Waals surface area contributed by atoms with E-state index in [-0.39, 0.29) is 35.9 Å². The second kappa shape index (κ2) is 6.78. The van der Waals surface area contributed by atoms with Gasteiger partial charge in [0.25, 0.3) is 11.1 Å². The van der Waals surface area contributed by atoms with Crippen LogP contribution in [-0.2, 0) is 13.1 Å². The number of benzene rings is 2. The first-order valence-corrected chi connectivity index (χ1v) is 8.43. The van der Waals surface area contributed by atoms with Crippen molar-refractivity contribution in [3.63, 3.8) is 0 Å². The molecule has 4 aromatic rings. The van der Waals surface area contributed by atoms with Gasteiger partial charge in [0.2, 0.25) is 11.6 Å². The van der Waals surface area contributed by atoms with Gasteiger partial charge in [-0.3, -0.25) is 18.7 Å². The predicted octanol–water partition coefficient (Wildman–Crippen LogP) is 1.55. The highest BCUT2D eigenvalue weighted by Crippen LogP contribution is 2.09. The summed E-state index contributed by atoms with van der Waals surface area (Å²) in [6.45, 7) is 0.0162.